The lowest BCUT2D eigenvalue weighted by Gasteiger charge is -2.00. The molecule has 4 aromatic rings. The van der Waals surface area contributed by atoms with Crippen LogP contribution >= 0.6 is 11.3 Å². The number of benzene rings is 1. The topological polar surface area (TPSA) is 73.8 Å². The van der Waals surface area contributed by atoms with E-state index < -0.39 is 12.0 Å². The summed E-state index contributed by atoms with van der Waals surface area (Å²) in [6.07, 6.45) is -4.59. The highest BCUT2D eigenvalue weighted by Gasteiger charge is 2.38. The highest BCUT2D eigenvalue weighted by molar-refractivity contribution is 7.16. The maximum Gasteiger partial charge on any atom is 0.453 e. The van der Waals surface area contributed by atoms with Crippen molar-refractivity contribution < 1.29 is 13.2 Å². The summed E-state index contributed by atoms with van der Waals surface area (Å²) >= 11 is 1.03. The van der Waals surface area contributed by atoms with Crippen LogP contribution in [0.5, 0.6) is 0 Å². The van der Waals surface area contributed by atoms with Crippen molar-refractivity contribution in [3.63, 3.8) is 0 Å². The Hall–Kier alpha value is -2.56. The van der Waals surface area contributed by atoms with Crippen molar-refractivity contribution in [2.75, 3.05) is 0 Å². The number of alkyl halides is 3. The van der Waals surface area contributed by atoms with Crippen LogP contribution in [0.25, 0.3) is 16.0 Å². The normalized spacial score (nSPS) is 12.5. The van der Waals surface area contributed by atoms with Crippen molar-refractivity contribution in [3.8, 4) is 0 Å². The largest absolute Gasteiger partial charge is 0.453 e. The van der Waals surface area contributed by atoms with Gasteiger partial charge in [-0.25, -0.2) is 4.68 Å². The zero-order valence-electron chi connectivity index (χ0n) is 10.7. The van der Waals surface area contributed by atoms with E-state index in [1.807, 2.05) is 18.2 Å². The molecular weight excluding hydrogens is 319 g/mol. The predicted molar refractivity (Wildman–Crippen MR) is 70.3 cm³/mol. The van der Waals surface area contributed by atoms with E-state index in [1.54, 1.807) is 10.7 Å². The van der Waals surface area contributed by atoms with Crippen molar-refractivity contribution in [3.05, 3.63) is 35.1 Å². The molecule has 0 saturated heterocycles. The lowest BCUT2D eigenvalue weighted by atomic mass is 10.3. The zero-order valence-corrected chi connectivity index (χ0v) is 11.5. The molecule has 1 aromatic carbocycles. The molecule has 112 valence electrons. The minimum atomic E-state index is -4.59. The molecule has 0 spiro atoms. The van der Waals surface area contributed by atoms with E-state index in [2.05, 4.69) is 25.6 Å². The van der Waals surface area contributed by atoms with E-state index in [9.17, 15) is 13.2 Å². The number of para-hydroxylation sites is 1. The molecule has 4 rings (SSSR count). The van der Waals surface area contributed by atoms with Crippen molar-refractivity contribution in [1.29, 1.82) is 0 Å². The Balaban J connectivity index is 1.74. The van der Waals surface area contributed by atoms with Gasteiger partial charge in [-0.15, -0.1) is 15.3 Å². The highest BCUT2D eigenvalue weighted by Crippen LogP contribution is 2.29. The van der Waals surface area contributed by atoms with Crippen LogP contribution in [0.3, 0.4) is 0 Å². The number of hydrogen-bond acceptors (Lipinski definition) is 6. The molecule has 22 heavy (non-hydrogen) atoms. The Morgan fingerprint density at radius 3 is 2.73 bits per heavy atom. The van der Waals surface area contributed by atoms with Gasteiger partial charge in [0.2, 0.25) is 4.96 Å². The summed E-state index contributed by atoms with van der Waals surface area (Å²) < 4.78 is 40.6. The molecule has 7 nitrogen and oxygen atoms in total. The molecule has 0 aliphatic carbocycles. The molecule has 0 aliphatic rings. The van der Waals surface area contributed by atoms with Gasteiger partial charge in [-0.1, -0.05) is 28.7 Å². The summed E-state index contributed by atoms with van der Waals surface area (Å²) in [7, 11) is 0. The van der Waals surface area contributed by atoms with Gasteiger partial charge in [-0.3, -0.25) is 0 Å². The van der Waals surface area contributed by atoms with Crippen LogP contribution in [0.15, 0.2) is 24.3 Å². The second-order valence-electron chi connectivity index (χ2n) is 4.45. The minimum Gasteiger partial charge on any atom is -0.238 e. The van der Waals surface area contributed by atoms with Gasteiger partial charge in [0, 0.05) is 0 Å². The molecule has 3 aromatic heterocycles. The highest BCUT2D eigenvalue weighted by atomic mass is 32.1. The van der Waals surface area contributed by atoms with Crippen LogP contribution in [-0.4, -0.2) is 34.8 Å². The first-order valence-corrected chi connectivity index (χ1v) is 6.90. The molecule has 0 saturated carbocycles. The lowest BCUT2D eigenvalue weighted by molar-refractivity contribution is -0.146. The molecule has 0 amide bonds. The predicted octanol–water partition coefficient (Wildman–Crippen LogP) is 2.00. The van der Waals surface area contributed by atoms with Crippen molar-refractivity contribution in [2.45, 2.75) is 12.7 Å². The lowest BCUT2D eigenvalue weighted by Crippen LogP contribution is -2.12. The molecule has 0 fully saturated rings. The van der Waals surface area contributed by atoms with E-state index >= 15 is 0 Å². The van der Waals surface area contributed by atoms with Crippen LogP contribution in [0.2, 0.25) is 0 Å². The summed E-state index contributed by atoms with van der Waals surface area (Å²) in [5.74, 6) is -1.13. The first-order valence-electron chi connectivity index (χ1n) is 6.09. The Morgan fingerprint density at radius 1 is 1.09 bits per heavy atom. The molecular formula is C11H6F3N7S. The first kappa shape index (κ1) is 13.1. The average molecular weight is 325 g/mol. The van der Waals surface area contributed by atoms with Gasteiger partial charge in [0.25, 0.3) is 5.82 Å². The van der Waals surface area contributed by atoms with Gasteiger partial charge in [-0.2, -0.15) is 22.8 Å². The third kappa shape index (κ3) is 2.01. The average Bonchev–Trinajstić information content (AvgIpc) is 3.12. The number of nitrogens with zero attached hydrogens (tertiary/aromatic N) is 7. The quantitative estimate of drug-likeness (QED) is 0.563. The van der Waals surface area contributed by atoms with Gasteiger partial charge in [0.05, 0.1) is 12.1 Å². The number of rotatable bonds is 2. The molecule has 0 unspecified atom stereocenters. The first-order chi connectivity index (χ1) is 10.5. The van der Waals surface area contributed by atoms with Gasteiger partial charge in [0.15, 0.2) is 0 Å². The maximum atomic E-state index is 12.8. The van der Waals surface area contributed by atoms with E-state index in [0.717, 1.165) is 16.9 Å². The van der Waals surface area contributed by atoms with Crippen molar-refractivity contribution in [1.82, 2.24) is 34.8 Å². The minimum absolute atomic E-state index is 0.0896. The van der Waals surface area contributed by atoms with E-state index in [0.29, 0.717) is 15.0 Å². The Bertz CT molecular complexity index is 967. The van der Waals surface area contributed by atoms with Crippen LogP contribution in [0, 0.1) is 0 Å². The van der Waals surface area contributed by atoms with Crippen LogP contribution in [-0.2, 0) is 12.7 Å². The smallest absolute Gasteiger partial charge is 0.238 e. The number of halogens is 3. The number of aromatic nitrogens is 7. The second kappa shape index (κ2) is 4.47. The Kier molecular flexibility index (Phi) is 2.66. The molecule has 0 radical (unpaired) electrons. The monoisotopic (exact) mass is 325 g/mol. The molecule has 0 aliphatic heterocycles. The summed E-state index contributed by atoms with van der Waals surface area (Å²) in [5, 5.41) is 18.9. The molecule has 3 heterocycles. The summed E-state index contributed by atoms with van der Waals surface area (Å²) in [4.78, 5) is 0.0896. The van der Waals surface area contributed by atoms with E-state index in [1.165, 1.54) is 0 Å². The van der Waals surface area contributed by atoms with Crippen LogP contribution < -0.4 is 0 Å². The maximum absolute atomic E-state index is 12.8. The zero-order chi connectivity index (χ0) is 15.3. The van der Waals surface area contributed by atoms with Gasteiger partial charge in [0.1, 0.15) is 10.5 Å². The fraction of sp³-hybridized carbons (Fsp3) is 0.182. The molecule has 0 atom stereocenters. The van der Waals surface area contributed by atoms with Crippen molar-refractivity contribution >= 4 is 27.3 Å². The SMILES string of the molecule is FC(F)(F)c1nnc2sc(Cn3nnc4ccccc43)nn12. The Morgan fingerprint density at radius 2 is 1.91 bits per heavy atom. The fourth-order valence-corrected chi connectivity index (χ4v) is 2.87. The molecule has 0 bridgehead atoms. The van der Waals surface area contributed by atoms with Gasteiger partial charge < -0.3 is 0 Å². The Labute approximate surface area is 124 Å². The summed E-state index contributed by atoms with van der Waals surface area (Å²) in [6.45, 7) is 0.214. The van der Waals surface area contributed by atoms with Gasteiger partial charge in [-0.05, 0) is 12.1 Å². The standard InChI is InChI=1S/C11H6F3N7S/c12-11(13,14)9-16-17-10-21(9)18-8(22-10)5-20-7-4-2-1-3-6(7)15-19-20/h1-4H,5H2. The van der Waals surface area contributed by atoms with Crippen LogP contribution in [0.4, 0.5) is 13.2 Å². The van der Waals surface area contributed by atoms with E-state index in [-0.39, 0.29) is 11.5 Å². The summed E-state index contributed by atoms with van der Waals surface area (Å²) in [6, 6.07) is 7.30. The number of hydrogen-bond donors (Lipinski definition) is 0. The van der Waals surface area contributed by atoms with Gasteiger partial charge >= 0.3 is 6.18 Å². The van der Waals surface area contributed by atoms with Crippen molar-refractivity contribution in [2.24, 2.45) is 0 Å². The van der Waals surface area contributed by atoms with Crippen LogP contribution in [0.1, 0.15) is 10.8 Å². The summed E-state index contributed by atoms with van der Waals surface area (Å²) in [5.41, 5.74) is 1.49. The third-order valence-corrected chi connectivity index (χ3v) is 3.88. The molecule has 11 heteroatoms. The fourth-order valence-electron chi connectivity index (χ4n) is 2.06. The van der Waals surface area contributed by atoms with E-state index in [4.69, 9.17) is 0 Å². The third-order valence-electron chi connectivity index (χ3n) is 2.99. The molecule has 0 N–H and O–H groups in total. The number of fused-ring (bicyclic) bond motifs is 2. The second-order valence-corrected chi connectivity index (χ2v) is 5.49.